The predicted molar refractivity (Wildman–Crippen MR) is 126 cm³/mol. The summed E-state index contributed by atoms with van der Waals surface area (Å²) < 4.78 is 13.8. The van der Waals surface area contributed by atoms with Crippen LogP contribution in [0, 0.1) is 32.6 Å². The number of carbonyl (C=O) groups excluding carboxylic acids is 2. The molecule has 0 aromatic heterocycles. The van der Waals surface area contributed by atoms with Crippen LogP contribution in [0.3, 0.4) is 0 Å². The van der Waals surface area contributed by atoms with Gasteiger partial charge in [0.2, 0.25) is 5.78 Å². The van der Waals surface area contributed by atoms with Gasteiger partial charge in [-0.15, -0.1) is 0 Å². The summed E-state index contributed by atoms with van der Waals surface area (Å²) in [6.45, 7) is 13.9. The normalized spacial score (nSPS) is 12.7. The number of Topliss-reactive ketones (excluding diaryl/α,β-unsaturated/α-hetero) is 1. The van der Waals surface area contributed by atoms with E-state index < -0.39 is 6.10 Å². The summed E-state index contributed by atoms with van der Waals surface area (Å²) in [5.41, 5.74) is 3.73. The molecule has 0 heterocycles. The maximum absolute atomic E-state index is 13.2. The Morgan fingerprint density at radius 1 is 0.900 bits per heavy atom. The van der Waals surface area contributed by atoms with E-state index in [0.29, 0.717) is 5.56 Å². The minimum atomic E-state index is -0.723. The van der Waals surface area contributed by atoms with Crippen molar-refractivity contribution in [1.29, 1.82) is 0 Å². The second kappa shape index (κ2) is 15.3. The van der Waals surface area contributed by atoms with Gasteiger partial charge in [0.15, 0.2) is 6.10 Å². The molecule has 1 aromatic carbocycles. The first-order valence-corrected chi connectivity index (χ1v) is 11.6. The second-order valence-corrected chi connectivity index (χ2v) is 8.70. The minimum absolute atomic E-state index is 0.0576. The van der Waals surface area contributed by atoms with Gasteiger partial charge < -0.3 is 4.74 Å². The third-order valence-corrected chi connectivity index (χ3v) is 5.42. The Morgan fingerprint density at radius 2 is 1.40 bits per heavy atom. The van der Waals surface area contributed by atoms with E-state index in [1.54, 1.807) is 9.12 Å². The SMILES string of the molecule is CCCCCCCCC(C)C(=O)OC(C(=O)c1c(C)cc(C)cc1C)C(C)C.O=P. The number of esters is 1. The van der Waals surface area contributed by atoms with E-state index in [2.05, 4.69) is 6.92 Å². The van der Waals surface area contributed by atoms with Crippen molar-refractivity contribution in [3.05, 3.63) is 34.4 Å². The van der Waals surface area contributed by atoms with Crippen molar-refractivity contribution in [2.75, 3.05) is 0 Å². The van der Waals surface area contributed by atoms with Gasteiger partial charge in [-0.2, -0.15) is 0 Å². The number of carbonyl (C=O) groups is 2. The zero-order chi connectivity index (χ0) is 23.3. The van der Waals surface area contributed by atoms with Gasteiger partial charge in [0.25, 0.3) is 0 Å². The molecule has 0 aliphatic rings. The summed E-state index contributed by atoms with van der Waals surface area (Å²) in [4.78, 5) is 25.8. The molecule has 0 bridgehead atoms. The number of rotatable bonds is 12. The fraction of sp³-hybridized carbons (Fsp3) is 0.680. The molecule has 0 radical (unpaired) electrons. The highest BCUT2D eigenvalue weighted by atomic mass is 31.0. The molecule has 0 fully saturated rings. The van der Waals surface area contributed by atoms with E-state index in [0.717, 1.165) is 36.0 Å². The number of ether oxygens (including phenoxy) is 1. The van der Waals surface area contributed by atoms with Gasteiger partial charge in [-0.3, -0.25) is 14.2 Å². The van der Waals surface area contributed by atoms with E-state index in [4.69, 9.17) is 9.30 Å². The lowest BCUT2D eigenvalue weighted by molar-refractivity contribution is -0.153. The van der Waals surface area contributed by atoms with Gasteiger partial charge in [-0.05, 0) is 44.2 Å². The van der Waals surface area contributed by atoms with Crippen LogP contribution in [-0.4, -0.2) is 17.9 Å². The Bertz CT molecular complexity index is 646. The number of benzene rings is 1. The number of hydrogen-bond donors (Lipinski definition) is 0. The molecular weight excluding hydrogens is 395 g/mol. The molecule has 0 saturated carbocycles. The van der Waals surface area contributed by atoms with Crippen molar-refractivity contribution in [2.24, 2.45) is 11.8 Å². The van der Waals surface area contributed by atoms with E-state index in [9.17, 15) is 9.59 Å². The summed E-state index contributed by atoms with van der Waals surface area (Å²) in [5, 5.41) is 0. The summed E-state index contributed by atoms with van der Waals surface area (Å²) in [6, 6.07) is 4.03. The Balaban J connectivity index is 0.00000407. The Kier molecular flexibility index (Phi) is 14.5. The monoisotopic (exact) mass is 436 g/mol. The molecule has 5 heteroatoms. The fourth-order valence-electron chi connectivity index (χ4n) is 3.79. The van der Waals surface area contributed by atoms with Crippen LogP contribution >= 0.6 is 9.12 Å². The Morgan fingerprint density at radius 3 is 1.90 bits per heavy atom. The van der Waals surface area contributed by atoms with Gasteiger partial charge in [-0.1, -0.05) is 83.9 Å². The summed E-state index contributed by atoms with van der Waals surface area (Å²) >= 11 is 0. The van der Waals surface area contributed by atoms with Crippen LogP contribution < -0.4 is 0 Å². The molecule has 1 rings (SSSR count). The van der Waals surface area contributed by atoms with Crippen molar-refractivity contribution in [1.82, 2.24) is 0 Å². The number of hydrogen-bond acceptors (Lipinski definition) is 4. The topological polar surface area (TPSA) is 60.4 Å². The lowest BCUT2D eigenvalue weighted by Gasteiger charge is -2.24. The van der Waals surface area contributed by atoms with E-state index in [-0.39, 0.29) is 23.6 Å². The highest BCUT2D eigenvalue weighted by molar-refractivity contribution is 7.00. The van der Waals surface area contributed by atoms with Crippen LogP contribution in [0.15, 0.2) is 12.1 Å². The van der Waals surface area contributed by atoms with E-state index in [1.165, 1.54) is 25.7 Å². The molecule has 0 N–H and O–H groups in total. The fourth-order valence-corrected chi connectivity index (χ4v) is 3.79. The van der Waals surface area contributed by atoms with Gasteiger partial charge in [0.1, 0.15) is 9.12 Å². The van der Waals surface area contributed by atoms with Crippen molar-refractivity contribution in [3.63, 3.8) is 0 Å². The predicted octanol–water partition coefficient (Wildman–Crippen LogP) is 7.22. The third kappa shape index (κ3) is 9.51. The molecule has 0 spiro atoms. The summed E-state index contributed by atoms with van der Waals surface area (Å²) in [5.74, 6) is -0.550. The lowest BCUT2D eigenvalue weighted by atomic mass is 9.90. The maximum Gasteiger partial charge on any atom is 0.309 e. The van der Waals surface area contributed by atoms with Crippen LogP contribution in [0.1, 0.15) is 99.7 Å². The molecule has 4 nitrogen and oxygen atoms in total. The zero-order valence-corrected chi connectivity index (χ0v) is 21.0. The molecule has 2 atom stereocenters. The molecule has 1 aromatic rings. The largest absolute Gasteiger partial charge is 0.453 e. The van der Waals surface area contributed by atoms with Gasteiger partial charge >= 0.3 is 5.97 Å². The van der Waals surface area contributed by atoms with Crippen molar-refractivity contribution in [3.8, 4) is 0 Å². The van der Waals surface area contributed by atoms with E-state index in [1.807, 2.05) is 53.7 Å². The second-order valence-electron chi connectivity index (χ2n) is 8.70. The van der Waals surface area contributed by atoms with E-state index >= 15 is 0 Å². The van der Waals surface area contributed by atoms with Gasteiger partial charge in [0.05, 0.1) is 5.92 Å². The number of unbranched alkanes of at least 4 members (excludes halogenated alkanes) is 5. The molecule has 0 aliphatic heterocycles. The Labute approximate surface area is 185 Å². The zero-order valence-electron chi connectivity index (χ0n) is 20.0. The average molecular weight is 437 g/mol. The van der Waals surface area contributed by atoms with Crippen molar-refractivity contribution in [2.45, 2.75) is 99.5 Å². The smallest absolute Gasteiger partial charge is 0.309 e. The molecule has 2 unspecified atom stereocenters. The average Bonchev–Trinajstić information content (AvgIpc) is 2.68. The lowest BCUT2D eigenvalue weighted by Crippen LogP contribution is -2.35. The van der Waals surface area contributed by atoms with Crippen LogP contribution in [0.2, 0.25) is 0 Å². The highest BCUT2D eigenvalue weighted by Gasteiger charge is 2.30. The van der Waals surface area contributed by atoms with Crippen LogP contribution in [0.5, 0.6) is 0 Å². The quantitative estimate of drug-likeness (QED) is 0.150. The number of aryl methyl sites for hydroxylation is 3. The first-order chi connectivity index (χ1) is 14.2. The first kappa shape index (κ1) is 28.5. The van der Waals surface area contributed by atoms with Crippen LogP contribution in [-0.2, 0) is 14.1 Å². The van der Waals surface area contributed by atoms with Gasteiger partial charge in [0, 0.05) is 5.56 Å². The third-order valence-electron chi connectivity index (χ3n) is 5.42. The maximum atomic E-state index is 13.2. The first-order valence-electron chi connectivity index (χ1n) is 11.2. The van der Waals surface area contributed by atoms with Crippen molar-refractivity contribution < 1.29 is 18.9 Å². The molecular formula is C25H41O4P. The van der Waals surface area contributed by atoms with Crippen LogP contribution in [0.25, 0.3) is 0 Å². The minimum Gasteiger partial charge on any atom is -0.453 e. The molecule has 0 amide bonds. The summed E-state index contributed by atoms with van der Waals surface area (Å²) in [7, 11) is 1.72. The molecule has 0 aliphatic carbocycles. The van der Waals surface area contributed by atoms with Gasteiger partial charge in [-0.25, -0.2) is 0 Å². The standard InChI is InChI=1S/C25H40O3.HOP/c1-8-9-10-11-12-13-14-19(5)25(27)28-24(17(2)3)23(26)22-20(6)15-18(4)16-21(22)7;1-2/h15-17,19,24H,8-14H2,1-7H3;2H. The van der Waals surface area contributed by atoms with Crippen LogP contribution in [0.4, 0.5) is 0 Å². The Hall–Kier alpha value is -1.54. The molecule has 0 saturated heterocycles. The molecule has 30 heavy (non-hydrogen) atoms. The van der Waals surface area contributed by atoms with Crippen molar-refractivity contribution >= 4 is 20.9 Å². The summed E-state index contributed by atoms with van der Waals surface area (Å²) in [6.07, 6.45) is 7.33. The molecule has 170 valence electrons. The number of ketones is 1. The highest BCUT2D eigenvalue weighted by Crippen LogP contribution is 2.23.